The summed E-state index contributed by atoms with van der Waals surface area (Å²) < 4.78 is 0. The Morgan fingerprint density at radius 2 is 0.600 bits per heavy atom. The van der Waals surface area contributed by atoms with Gasteiger partial charge in [-0.2, -0.15) is 0 Å². The van der Waals surface area contributed by atoms with Crippen LogP contribution in [0.3, 0.4) is 0 Å². The summed E-state index contributed by atoms with van der Waals surface area (Å²) >= 11 is 0. The quantitative estimate of drug-likeness (QED) is 0.186. The molecule has 0 atom stereocenters. The zero-order chi connectivity index (χ0) is 22.8. The summed E-state index contributed by atoms with van der Waals surface area (Å²) in [6, 6.07) is 0. The molecular formula is C30H50. The predicted molar refractivity (Wildman–Crippen MR) is 140 cm³/mol. The van der Waals surface area contributed by atoms with E-state index in [4.69, 9.17) is 0 Å². The third kappa shape index (κ3) is 19.7. The summed E-state index contributed by atoms with van der Waals surface area (Å²) in [4.78, 5) is 0. The molecule has 0 aliphatic carbocycles. The Hall–Kier alpha value is -1.56. The molecule has 0 heteroatoms. The molecule has 0 aromatic carbocycles. The van der Waals surface area contributed by atoms with Gasteiger partial charge in [-0.15, -0.1) is 0 Å². The number of rotatable bonds is 15. The SMILES string of the molecule is CC(C)=CCC/C=C(\C)CC/C(C)=C/CC/C=C(\C)CC/C=C(\C)CCC=C(C)C. The van der Waals surface area contributed by atoms with E-state index in [1.807, 2.05) is 0 Å². The van der Waals surface area contributed by atoms with E-state index in [0.29, 0.717) is 0 Å². The Kier molecular flexibility index (Phi) is 17.3. The van der Waals surface area contributed by atoms with Crippen LogP contribution in [0, 0.1) is 0 Å². The molecule has 0 nitrogen and oxygen atoms in total. The van der Waals surface area contributed by atoms with Gasteiger partial charge in [0.2, 0.25) is 0 Å². The molecule has 170 valence electrons. The van der Waals surface area contributed by atoms with Crippen LogP contribution in [0.4, 0.5) is 0 Å². The lowest BCUT2D eigenvalue weighted by molar-refractivity contribution is 0.884. The number of hydrogen-bond acceptors (Lipinski definition) is 0. The van der Waals surface area contributed by atoms with Crippen LogP contribution >= 0.6 is 0 Å². The van der Waals surface area contributed by atoms with E-state index in [-0.39, 0.29) is 0 Å². The lowest BCUT2D eigenvalue weighted by Crippen LogP contribution is -1.83. The van der Waals surface area contributed by atoms with Crippen LogP contribution in [-0.2, 0) is 0 Å². The van der Waals surface area contributed by atoms with Crippen molar-refractivity contribution < 1.29 is 0 Å². The maximum Gasteiger partial charge on any atom is -0.0286 e. The largest absolute Gasteiger partial charge is 0.0856 e. The number of hydrogen-bond donors (Lipinski definition) is 0. The molecule has 0 bridgehead atoms. The van der Waals surface area contributed by atoms with Gasteiger partial charge in [-0.1, -0.05) is 69.9 Å². The second-order valence-electron chi connectivity index (χ2n) is 9.50. The summed E-state index contributed by atoms with van der Waals surface area (Å²) in [5.74, 6) is 0. The fraction of sp³-hybridized carbons (Fsp3) is 0.600. The second kappa shape index (κ2) is 18.2. The third-order valence-electron chi connectivity index (χ3n) is 5.40. The molecule has 0 aromatic heterocycles. The molecule has 0 amide bonds. The van der Waals surface area contributed by atoms with Gasteiger partial charge in [-0.05, 0) is 120 Å². The van der Waals surface area contributed by atoms with Crippen LogP contribution < -0.4 is 0 Å². The molecule has 30 heavy (non-hydrogen) atoms. The van der Waals surface area contributed by atoms with Crippen molar-refractivity contribution in [1.82, 2.24) is 0 Å². The zero-order valence-electron chi connectivity index (χ0n) is 21.5. The molecule has 0 saturated heterocycles. The van der Waals surface area contributed by atoms with Crippen LogP contribution in [0.2, 0.25) is 0 Å². The van der Waals surface area contributed by atoms with E-state index in [9.17, 15) is 0 Å². The Balaban J connectivity index is 4.06. The van der Waals surface area contributed by atoms with E-state index in [0.717, 1.165) is 0 Å². The van der Waals surface area contributed by atoms with Crippen molar-refractivity contribution in [2.24, 2.45) is 0 Å². The number of allylic oxidation sites excluding steroid dienone is 12. The molecule has 0 fully saturated rings. The van der Waals surface area contributed by atoms with Crippen LogP contribution in [0.1, 0.15) is 120 Å². The van der Waals surface area contributed by atoms with Crippen molar-refractivity contribution in [1.29, 1.82) is 0 Å². The molecule has 0 heterocycles. The summed E-state index contributed by atoms with van der Waals surface area (Å²) in [6.07, 6.45) is 26.2. The molecule has 0 unspecified atom stereocenters. The Labute approximate surface area is 189 Å². The average Bonchev–Trinajstić information content (AvgIpc) is 2.66. The Bertz CT molecular complexity index is 636. The first kappa shape index (κ1) is 28.4. The van der Waals surface area contributed by atoms with Crippen molar-refractivity contribution in [2.45, 2.75) is 120 Å². The topological polar surface area (TPSA) is 0 Å². The lowest BCUT2D eigenvalue weighted by atomic mass is 10.0. The van der Waals surface area contributed by atoms with Gasteiger partial charge in [0.1, 0.15) is 0 Å². The minimum absolute atomic E-state index is 1.17. The van der Waals surface area contributed by atoms with Crippen molar-refractivity contribution in [2.75, 3.05) is 0 Å². The van der Waals surface area contributed by atoms with Crippen molar-refractivity contribution in [3.63, 3.8) is 0 Å². The van der Waals surface area contributed by atoms with E-state index < -0.39 is 0 Å². The highest BCUT2D eigenvalue weighted by atomic mass is 14.0. The van der Waals surface area contributed by atoms with Crippen LogP contribution in [-0.4, -0.2) is 0 Å². The molecule has 0 radical (unpaired) electrons. The smallest absolute Gasteiger partial charge is 0.0286 e. The standard InChI is InChI=1S/C30H50/c1-25(2)15-9-10-18-29(7)23-24-30(8)19-12-11-17-27(5)21-14-22-28(6)20-13-16-26(3)4/h15-19,22H,9-14,20-21,23-24H2,1-8H3/b27-17+,28-22+,29-18+,30-19+. The first-order chi connectivity index (χ1) is 14.2. The minimum Gasteiger partial charge on any atom is -0.0856 e. The van der Waals surface area contributed by atoms with Crippen LogP contribution in [0.25, 0.3) is 0 Å². The van der Waals surface area contributed by atoms with Gasteiger partial charge in [-0.3, -0.25) is 0 Å². The molecule has 0 aromatic rings. The number of unbranched alkanes of at least 4 members (excludes halogenated alkanes) is 2. The molecule has 0 aliphatic rings. The fourth-order valence-electron chi connectivity index (χ4n) is 3.30. The highest BCUT2D eigenvalue weighted by Crippen LogP contribution is 2.15. The molecule has 0 saturated carbocycles. The maximum atomic E-state index is 2.44. The zero-order valence-corrected chi connectivity index (χ0v) is 21.5. The highest BCUT2D eigenvalue weighted by molar-refractivity contribution is 5.08. The van der Waals surface area contributed by atoms with Gasteiger partial charge in [0, 0.05) is 0 Å². The third-order valence-corrected chi connectivity index (χ3v) is 5.40. The second-order valence-corrected chi connectivity index (χ2v) is 9.50. The molecule has 0 spiro atoms. The van der Waals surface area contributed by atoms with Crippen molar-refractivity contribution >= 4 is 0 Å². The average molecular weight is 411 g/mol. The predicted octanol–water partition coefficient (Wildman–Crippen LogP) is 10.6. The Morgan fingerprint density at radius 1 is 0.333 bits per heavy atom. The van der Waals surface area contributed by atoms with Gasteiger partial charge in [0.15, 0.2) is 0 Å². The van der Waals surface area contributed by atoms with E-state index >= 15 is 0 Å². The normalized spacial score (nSPS) is 13.5. The van der Waals surface area contributed by atoms with E-state index in [2.05, 4.69) is 91.8 Å². The molecule has 0 N–H and O–H groups in total. The summed E-state index contributed by atoms with van der Waals surface area (Å²) in [5.41, 5.74) is 8.97. The van der Waals surface area contributed by atoms with Gasteiger partial charge in [-0.25, -0.2) is 0 Å². The minimum atomic E-state index is 1.17. The van der Waals surface area contributed by atoms with Crippen LogP contribution in [0.15, 0.2) is 69.9 Å². The van der Waals surface area contributed by atoms with E-state index in [1.165, 1.54) is 97.6 Å². The highest BCUT2D eigenvalue weighted by Gasteiger charge is 1.95. The first-order valence-electron chi connectivity index (χ1n) is 12.1. The van der Waals surface area contributed by atoms with Crippen LogP contribution in [0.5, 0.6) is 0 Å². The summed E-state index contributed by atoms with van der Waals surface area (Å²) in [7, 11) is 0. The molecule has 0 aliphatic heterocycles. The van der Waals surface area contributed by atoms with Crippen molar-refractivity contribution in [3.8, 4) is 0 Å². The van der Waals surface area contributed by atoms with Crippen molar-refractivity contribution in [3.05, 3.63) is 69.9 Å². The molecule has 0 rings (SSSR count). The fourth-order valence-corrected chi connectivity index (χ4v) is 3.30. The van der Waals surface area contributed by atoms with Gasteiger partial charge in [0.05, 0.1) is 0 Å². The van der Waals surface area contributed by atoms with E-state index in [1.54, 1.807) is 0 Å². The first-order valence-corrected chi connectivity index (χ1v) is 12.1. The summed E-state index contributed by atoms with van der Waals surface area (Å²) in [5, 5.41) is 0. The molecular weight excluding hydrogens is 360 g/mol. The lowest BCUT2D eigenvalue weighted by Gasteiger charge is -2.03. The van der Waals surface area contributed by atoms with Gasteiger partial charge >= 0.3 is 0 Å². The van der Waals surface area contributed by atoms with Gasteiger partial charge < -0.3 is 0 Å². The monoisotopic (exact) mass is 410 g/mol. The van der Waals surface area contributed by atoms with Gasteiger partial charge in [0.25, 0.3) is 0 Å². The maximum absolute atomic E-state index is 2.44. The summed E-state index contributed by atoms with van der Waals surface area (Å²) in [6.45, 7) is 17.8. The Morgan fingerprint density at radius 3 is 1.00 bits per heavy atom.